The standard InChI is InChI=1S/C66H121IO14Si4/c1-42-34-47-31-33-56-66(41-67,78-47)39-48(74-56)28-26-25-27-29-52(80-84(21,22)64(10,11)12)60-61(81-85(23,24)65(13,14)15)57(70)59-51(77-60)32-30-46(75-59)35-45(69)36-50-54(38-53(43(42)2)73-44(3)68)76-55(58(50)71-16)37-49(79-83(19,20)63(7,8)9)40-72-82(17,18)62(4,5)6/h27,29,42,46-61,70H,2,25-26,28,30-41H2,1,3-24H3/b29-27+/t42-,46?,47?,48?,49?,50?,51+,52?,53-,54+,55?,56+,57+,58-,59?,60?,61?,66?/m1/s1. The Morgan fingerprint density at radius 3 is 1.94 bits per heavy atom. The molecule has 0 spiro atoms. The second-order valence-electron chi connectivity index (χ2n) is 32.8. The molecule has 11 unspecified atom stereocenters. The first-order chi connectivity index (χ1) is 38.9. The Morgan fingerprint density at radius 1 is 0.741 bits per heavy atom. The van der Waals surface area contributed by atoms with Gasteiger partial charge >= 0.3 is 5.97 Å². The maximum atomic E-state index is 15.1. The molecule has 14 nitrogen and oxygen atoms in total. The third-order valence-electron chi connectivity index (χ3n) is 22.2. The number of fused-ring (bicyclic) bond motifs is 2. The van der Waals surface area contributed by atoms with Crippen molar-refractivity contribution in [2.45, 2.75) is 350 Å². The molecule has 7 bridgehead atoms. The number of methoxy groups -OCH3 is 1. The van der Waals surface area contributed by atoms with E-state index in [1.54, 1.807) is 7.11 Å². The fraction of sp³-hybridized carbons (Fsp3) is 0.909. The van der Waals surface area contributed by atoms with Gasteiger partial charge in [-0.05, 0) is 135 Å². The first-order valence-electron chi connectivity index (χ1n) is 32.7. The molecule has 0 aromatic carbocycles. The smallest absolute Gasteiger partial charge is 0.303 e. The molecule has 18 atom stereocenters. The van der Waals surface area contributed by atoms with Crippen molar-refractivity contribution in [1.82, 2.24) is 0 Å². The van der Waals surface area contributed by atoms with Gasteiger partial charge in [0.2, 0.25) is 0 Å². The molecule has 0 radical (unpaired) electrons. The van der Waals surface area contributed by atoms with Crippen molar-refractivity contribution < 1.29 is 65.6 Å². The number of aliphatic hydroxyl groups excluding tert-OH is 1. The number of aliphatic hydroxyl groups is 1. The van der Waals surface area contributed by atoms with Crippen LogP contribution in [0, 0.1) is 11.8 Å². The van der Waals surface area contributed by atoms with Gasteiger partial charge in [-0.1, -0.05) is 131 Å². The zero-order valence-corrected chi connectivity index (χ0v) is 63.6. The predicted molar refractivity (Wildman–Crippen MR) is 359 cm³/mol. The number of rotatable bonds is 14. The van der Waals surface area contributed by atoms with Crippen LogP contribution in [0.1, 0.15) is 180 Å². The van der Waals surface area contributed by atoms with Gasteiger partial charge in [0.1, 0.15) is 41.9 Å². The highest BCUT2D eigenvalue weighted by Crippen LogP contribution is 2.49. The summed E-state index contributed by atoms with van der Waals surface area (Å²) in [6.07, 6.45) is 5.71. The van der Waals surface area contributed by atoms with Gasteiger partial charge in [-0.3, -0.25) is 9.59 Å². The first-order valence-corrected chi connectivity index (χ1v) is 45.9. The fourth-order valence-corrected chi connectivity index (χ4v) is 18.6. The summed E-state index contributed by atoms with van der Waals surface area (Å²) in [5.41, 5.74) is 0.409. The van der Waals surface area contributed by atoms with E-state index in [2.05, 4.69) is 184 Å². The molecule has 5 saturated heterocycles. The van der Waals surface area contributed by atoms with Crippen molar-refractivity contribution in [2.75, 3.05) is 18.1 Å². The van der Waals surface area contributed by atoms with Gasteiger partial charge in [-0.2, -0.15) is 0 Å². The van der Waals surface area contributed by atoms with Crippen molar-refractivity contribution in [3.63, 3.8) is 0 Å². The summed E-state index contributed by atoms with van der Waals surface area (Å²) in [7, 11) is -7.78. The topological polar surface area (TPSA) is 156 Å². The zero-order valence-electron chi connectivity index (χ0n) is 57.4. The molecule has 1 N–H and O–H groups in total. The van der Waals surface area contributed by atoms with Crippen LogP contribution in [0.2, 0.25) is 72.5 Å². The third kappa shape index (κ3) is 18.1. The molecule has 0 aromatic rings. The van der Waals surface area contributed by atoms with Crippen molar-refractivity contribution in [1.29, 1.82) is 0 Å². The fourth-order valence-electron chi connectivity index (χ4n) is 12.7. The third-order valence-corrected chi connectivity index (χ3v) is 41.4. The van der Waals surface area contributed by atoms with Crippen molar-refractivity contribution >= 4 is 67.6 Å². The second-order valence-corrected chi connectivity index (χ2v) is 52.7. The van der Waals surface area contributed by atoms with Gasteiger partial charge in [-0.15, -0.1) is 0 Å². The van der Waals surface area contributed by atoms with Crippen LogP contribution in [0.15, 0.2) is 24.3 Å². The summed E-state index contributed by atoms with van der Waals surface area (Å²) in [5, 5.41) is 12.6. The van der Waals surface area contributed by atoms with Crippen LogP contribution in [0.5, 0.6) is 0 Å². The van der Waals surface area contributed by atoms with Crippen LogP contribution in [0.4, 0.5) is 0 Å². The number of ketones is 1. The number of hydrogen-bond donors (Lipinski definition) is 1. The Hall–Kier alpha value is -0.222. The predicted octanol–water partition coefficient (Wildman–Crippen LogP) is 15.1. The molecule has 8 rings (SSSR count). The van der Waals surface area contributed by atoms with Gasteiger partial charge in [0.15, 0.2) is 33.3 Å². The maximum absolute atomic E-state index is 15.1. The van der Waals surface area contributed by atoms with Crippen LogP contribution >= 0.6 is 22.6 Å². The monoisotopic (exact) mass is 1380 g/mol. The number of carbonyl (C=O) groups excluding carboxylic acids is 2. The van der Waals surface area contributed by atoms with Gasteiger partial charge in [0.05, 0.1) is 67.6 Å². The Labute approximate surface area is 534 Å². The molecule has 0 saturated carbocycles. The number of allylic oxidation sites excluding steroid dienone is 1. The number of alkyl halides is 1. The average Bonchev–Trinajstić information content (AvgIpc) is 2.14. The quantitative estimate of drug-likeness (QED) is 0.0576. The summed E-state index contributed by atoms with van der Waals surface area (Å²) in [5.74, 6) is -0.866. The minimum atomic E-state index is -2.54. The van der Waals surface area contributed by atoms with Crippen molar-refractivity contribution in [2.24, 2.45) is 11.8 Å². The van der Waals surface area contributed by atoms with Gasteiger partial charge in [0.25, 0.3) is 0 Å². The SMILES string of the molecule is C=C1[C@H](C)CC2CC[C@@H]3OC(CCC/C=C/C(O[Si](C)(C)C(C)(C)C)C4O[C@H]5CCC(CC(=O)CC6[C@@H](OC)C(CC(CO[Si](C)(C)C(C)(C)C)O[Si](C)(C)C(C)(C)C)O[C@H]6C[C@H]1OC(C)=O)OC5[C@H](O)C4O[Si](C)(C)C(C)(C)C)CC3(CI)O2. The summed E-state index contributed by atoms with van der Waals surface area (Å²) in [4.78, 5) is 28.3. The maximum Gasteiger partial charge on any atom is 0.303 e. The molecule has 0 amide bonds. The summed E-state index contributed by atoms with van der Waals surface area (Å²) in [6.45, 7) is 53.8. The molecular formula is C66H121IO14Si4. The Bertz CT molecular complexity index is 2250. The van der Waals surface area contributed by atoms with Crippen LogP contribution in [-0.4, -0.2) is 165 Å². The Morgan fingerprint density at radius 2 is 1.35 bits per heavy atom. The molecule has 19 heteroatoms. The molecule has 0 aliphatic carbocycles. The largest absolute Gasteiger partial charge is 0.458 e. The van der Waals surface area contributed by atoms with Crippen LogP contribution < -0.4 is 0 Å². The minimum Gasteiger partial charge on any atom is -0.458 e. The lowest BCUT2D eigenvalue weighted by Gasteiger charge is -2.53. The molecule has 0 aromatic heterocycles. The molecule has 85 heavy (non-hydrogen) atoms. The lowest BCUT2D eigenvalue weighted by atomic mass is 9.81. The van der Waals surface area contributed by atoms with Gasteiger partial charge < -0.3 is 56.0 Å². The van der Waals surface area contributed by atoms with E-state index in [1.807, 2.05) is 0 Å². The summed E-state index contributed by atoms with van der Waals surface area (Å²) in [6, 6.07) is 0. The highest BCUT2D eigenvalue weighted by atomic mass is 127. The second kappa shape index (κ2) is 28.6. The van der Waals surface area contributed by atoms with E-state index < -0.39 is 118 Å². The lowest BCUT2D eigenvalue weighted by Crippen LogP contribution is -2.67. The number of halogens is 1. The summed E-state index contributed by atoms with van der Waals surface area (Å²) >= 11 is 2.49. The van der Waals surface area contributed by atoms with Crippen LogP contribution in [-0.2, 0) is 60.5 Å². The Kier molecular flexibility index (Phi) is 24.8. The number of esters is 1. The van der Waals surface area contributed by atoms with Crippen LogP contribution in [0.3, 0.4) is 0 Å². The molecule has 8 aliphatic rings. The van der Waals surface area contributed by atoms with E-state index in [-0.39, 0.29) is 69.1 Å². The van der Waals surface area contributed by atoms with E-state index >= 15 is 4.79 Å². The number of ether oxygens (including phenoxy) is 7. The average molecular weight is 1380 g/mol. The highest BCUT2D eigenvalue weighted by molar-refractivity contribution is 14.1. The minimum absolute atomic E-state index is 0.00826. The Balaban J connectivity index is 1.40. The van der Waals surface area contributed by atoms with E-state index in [1.165, 1.54) is 6.92 Å². The number of Topliss-reactive ketones (excluding diaryl/α,β-unsaturated/α-hetero) is 1. The normalized spacial score (nSPS) is 36.5. The number of hydrogen-bond acceptors (Lipinski definition) is 14. The molecule has 8 heterocycles. The molecule has 8 aliphatic heterocycles. The van der Waals surface area contributed by atoms with Gasteiger partial charge in [-0.25, -0.2) is 0 Å². The van der Waals surface area contributed by atoms with E-state index in [9.17, 15) is 9.90 Å². The molecule has 5 fully saturated rings. The summed E-state index contributed by atoms with van der Waals surface area (Å²) < 4.78 is 78.2. The highest BCUT2D eigenvalue weighted by Gasteiger charge is 2.57. The number of carbonyl (C=O) groups is 2. The van der Waals surface area contributed by atoms with Crippen LogP contribution in [0.25, 0.3) is 0 Å². The zero-order chi connectivity index (χ0) is 63.8. The van der Waals surface area contributed by atoms with Crippen molar-refractivity contribution in [3.05, 3.63) is 24.3 Å². The van der Waals surface area contributed by atoms with Crippen molar-refractivity contribution in [3.8, 4) is 0 Å². The van der Waals surface area contributed by atoms with E-state index in [4.69, 9.17) is 50.9 Å². The molecule has 492 valence electrons. The first kappa shape index (κ1) is 73.8. The lowest BCUT2D eigenvalue weighted by molar-refractivity contribution is -0.269. The van der Waals surface area contributed by atoms with E-state index in [0.29, 0.717) is 32.3 Å². The van der Waals surface area contributed by atoms with E-state index in [0.717, 1.165) is 54.9 Å². The van der Waals surface area contributed by atoms with Gasteiger partial charge in [0, 0.05) is 56.5 Å². The molecular weight excluding hydrogens is 1260 g/mol.